The minimum absolute atomic E-state index is 0.00446. The van der Waals surface area contributed by atoms with Crippen molar-refractivity contribution < 1.29 is 17.9 Å². The van der Waals surface area contributed by atoms with Crippen molar-refractivity contribution >= 4 is 21.6 Å². The molecule has 10 heteroatoms. The fourth-order valence-electron chi connectivity index (χ4n) is 3.64. The van der Waals surface area contributed by atoms with Gasteiger partial charge < -0.3 is 9.64 Å². The molecule has 1 saturated carbocycles. The van der Waals surface area contributed by atoms with Crippen LogP contribution in [0.2, 0.25) is 0 Å². The molecule has 0 bridgehead atoms. The number of piperidine rings is 1. The summed E-state index contributed by atoms with van der Waals surface area (Å²) in [5.41, 5.74) is 1.14. The van der Waals surface area contributed by atoms with Crippen molar-refractivity contribution in [1.29, 1.82) is 0 Å². The molecular weight excluding hydrogens is 406 g/mol. The molecule has 2 aliphatic rings. The van der Waals surface area contributed by atoms with Crippen LogP contribution in [0.15, 0.2) is 30.6 Å². The normalized spacial score (nSPS) is 17.7. The lowest BCUT2D eigenvalue weighted by atomic mass is 10.1. The van der Waals surface area contributed by atoms with Crippen LogP contribution in [-0.4, -0.2) is 65.5 Å². The number of aromatic nitrogens is 3. The summed E-state index contributed by atoms with van der Waals surface area (Å²) in [5.74, 6) is 0.458. The second-order valence-corrected chi connectivity index (χ2v) is 9.95. The smallest absolute Gasteiger partial charge is 0.272 e. The number of ether oxygens (including phenoxy) is 1. The van der Waals surface area contributed by atoms with E-state index >= 15 is 0 Å². The van der Waals surface area contributed by atoms with Gasteiger partial charge in [0.15, 0.2) is 0 Å². The number of carbonyl (C=O) groups excluding carboxylic acids is 1. The Hall–Kier alpha value is -2.62. The van der Waals surface area contributed by atoms with Crippen LogP contribution in [0.5, 0.6) is 5.88 Å². The molecule has 0 unspecified atom stereocenters. The van der Waals surface area contributed by atoms with Crippen LogP contribution in [0.1, 0.15) is 43.1 Å². The van der Waals surface area contributed by atoms with E-state index in [0.717, 1.165) is 12.8 Å². The van der Waals surface area contributed by atoms with Crippen LogP contribution in [0.3, 0.4) is 0 Å². The number of anilines is 1. The van der Waals surface area contributed by atoms with Crippen LogP contribution in [0.4, 0.5) is 5.69 Å². The first-order valence-electron chi connectivity index (χ1n) is 10.3. The zero-order valence-electron chi connectivity index (χ0n) is 17.3. The van der Waals surface area contributed by atoms with Crippen LogP contribution < -0.4 is 9.04 Å². The SMILES string of the molecule is CCn1nccc1C(=O)N1CCC(Oc2ccc(N(C)S(=O)(=O)C3CC3)cn2)CC1. The van der Waals surface area contributed by atoms with Crippen molar-refractivity contribution in [2.24, 2.45) is 0 Å². The molecule has 1 amide bonds. The molecule has 1 saturated heterocycles. The van der Waals surface area contributed by atoms with Gasteiger partial charge in [0.1, 0.15) is 11.8 Å². The maximum absolute atomic E-state index is 12.7. The van der Waals surface area contributed by atoms with Gasteiger partial charge in [-0.3, -0.25) is 13.8 Å². The van der Waals surface area contributed by atoms with E-state index in [1.807, 2.05) is 11.8 Å². The fraction of sp³-hybridized carbons (Fsp3) is 0.550. The number of aryl methyl sites for hydroxylation is 1. The van der Waals surface area contributed by atoms with Crippen molar-refractivity contribution in [3.8, 4) is 5.88 Å². The molecule has 1 aliphatic heterocycles. The molecule has 2 aromatic rings. The summed E-state index contributed by atoms with van der Waals surface area (Å²) in [5, 5.41) is 3.90. The molecule has 0 N–H and O–H groups in total. The standard InChI is InChI=1S/C20H27N5O4S/c1-3-25-18(8-11-22-25)20(26)24-12-9-16(10-13-24)29-19-7-4-15(14-21-19)23(2)30(27,28)17-5-6-17/h4,7-8,11,14,16-17H,3,5-6,9-10,12-13H2,1-2H3. The Morgan fingerprint density at radius 1 is 1.20 bits per heavy atom. The predicted molar refractivity (Wildman–Crippen MR) is 112 cm³/mol. The number of carbonyl (C=O) groups is 1. The molecule has 9 nitrogen and oxygen atoms in total. The van der Waals surface area contributed by atoms with E-state index in [-0.39, 0.29) is 17.3 Å². The summed E-state index contributed by atoms with van der Waals surface area (Å²) in [6.07, 6.45) is 6.02. The minimum Gasteiger partial charge on any atom is -0.474 e. The van der Waals surface area contributed by atoms with Gasteiger partial charge in [-0.2, -0.15) is 5.10 Å². The Morgan fingerprint density at radius 2 is 1.93 bits per heavy atom. The lowest BCUT2D eigenvalue weighted by molar-refractivity contribution is 0.0577. The van der Waals surface area contributed by atoms with Crippen molar-refractivity contribution in [1.82, 2.24) is 19.7 Å². The van der Waals surface area contributed by atoms with Crippen molar-refractivity contribution in [2.75, 3.05) is 24.4 Å². The van der Waals surface area contributed by atoms with E-state index in [1.165, 1.54) is 10.5 Å². The third-order valence-corrected chi connectivity index (χ3v) is 7.95. The Kier molecular flexibility index (Phi) is 5.68. The van der Waals surface area contributed by atoms with Crippen molar-refractivity contribution in [3.63, 3.8) is 0 Å². The summed E-state index contributed by atoms with van der Waals surface area (Å²) in [4.78, 5) is 18.8. The number of pyridine rings is 1. The van der Waals surface area contributed by atoms with Crippen LogP contribution >= 0.6 is 0 Å². The average Bonchev–Trinajstić information content (AvgIpc) is 3.52. The number of likely N-dealkylation sites (tertiary alicyclic amines) is 1. The predicted octanol–water partition coefficient (Wildman–Crippen LogP) is 1.91. The van der Waals surface area contributed by atoms with Gasteiger partial charge in [0.25, 0.3) is 5.91 Å². The molecule has 162 valence electrons. The number of rotatable bonds is 7. The Morgan fingerprint density at radius 3 is 2.53 bits per heavy atom. The monoisotopic (exact) mass is 433 g/mol. The first-order chi connectivity index (χ1) is 14.4. The summed E-state index contributed by atoms with van der Waals surface area (Å²) < 4.78 is 33.6. The third-order valence-electron chi connectivity index (χ3n) is 5.66. The molecule has 4 rings (SSSR count). The van der Waals surface area contributed by atoms with E-state index in [2.05, 4.69) is 10.1 Å². The highest BCUT2D eigenvalue weighted by Crippen LogP contribution is 2.32. The van der Waals surface area contributed by atoms with Gasteiger partial charge in [-0.25, -0.2) is 13.4 Å². The summed E-state index contributed by atoms with van der Waals surface area (Å²) in [6.45, 7) is 3.84. The zero-order valence-corrected chi connectivity index (χ0v) is 18.1. The number of nitrogens with zero attached hydrogens (tertiary/aromatic N) is 5. The fourth-order valence-corrected chi connectivity index (χ4v) is 5.22. The largest absolute Gasteiger partial charge is 0.474 e. The van der Waals surface area contributed by atoms with Crippen LogP contribution in [0.25, 0.3) is 0 Å². The molecule has 0 spiro atoms. The number of sulfonamides is 1. The van der Waals surface area contributed by atoms with Gasteiger partial charge in [0, 0.05) is 51.8 Å². The van der Waals surface area contributed by atoms with Gasteiger partial charge in [-0.15, -0.1) is 0 Å². The second kappa shape index (κ2) is 8.25. The Bertz CT molecular complexity index is 992. The summed E-state index contributed by atoms with van der Waals surface area (Å²) >= 11 is 0. The summed E-state index contributed by atoms with van der Waals surface area (Å²) in [6, 6.07) is 5.17. The highest BCUT2D eigenvalue weighted by atomic mass is 32.2. The molecule has 2 fully saturated rings. The van der Waals surface area contributed by atoms with E-state index in [4.69, 9.17) is 4.74 Å². The van der Waals surface area contributed by atoms with Crippen LogP contribution in [-0.2, 0) is 16.6 Å². The Labute approximate surface area is 176 Å². The summed E-state index contributed by atoms with van der Waals surface area (Å²) in [7, 11) is -1.73. The molecule has 1 aliphatic carbocycles. The maximum atomic E-state index is 12.7. The minimum atomic E-state index is -3.29. The highest BCUT2D eigenvalue weighted by molar-refractivity contribution is 7.93. The maximum Gasteiger partial charge on any atom is 0.272 e. The first kappa shape index (κ1) is 20.6. The van der Waals surface area contributed by atoms with Gasteiger partial charge in [0.05, 0.1) is 17.1 Å². The van der Waals surface area contributed by atoms with E-state index in [9.17, 15) is 13.2 Å². The first-order valence-corrected chi connectivity index (χ1v) is 11.8. The van der Waals surface area contributed by atoms with Crippen molar-refractivity contribution in [2.45, 2.75) is 50.5 Å². The molecule has 0 radical (unpaired) electrons. The quantitative estimate of drug-likeness (QED) is 0.662. The zero-order chi connectivity index (χ0) is 21.3. The third kappa shape index (κ3) is 4.14. The van der Waals surface area contributed by atoms with E-state index < -0.39 is 10.0 Å². The topological polar surface area (TPSA) is 97.6 Å². The molecule has 0 atom stereocenters. The number of hydrogen-bond acceptors (Lipinski definition) is 6. The van der Waals surface area contributed by atoms with Crippen LogP contribution in [0, 0.1) is 0 Å². The van der Waals surface area contributed by atoms with Gasteiger partial charge >= 0.3 is 0 Å². The molecule has 3 heterocycles. The van der Waals surface area contributed by atoms with Crippen molar-refractivity contribution in [3.05, 3.63) is 36.3 Å². The molecule has 0 aromatic carbocycles. The molecule has 2 aromatic heterocycles. The van der Waals surface area contributed by atoms with Gasteiger partial charge in [-0.05, 0) is 31.9 Å². The molecular formula is C20H27N5O4S. The second-order valence-electron chi connectivity index (χ2n) is 7.71. The van der Waals surface area contributed by atoms with E-state index in [0.29, 0.717) is 49.7 Å². The lowest BCUT2D eigenvalue weighted by Crippen LogP contribution is -2.42. The lowest BCUT2D eigenvalue weighted by Gasteiger charge is -2.32. The Balaban J connectivity index is 1.31. The van der Waals surface area contributed by atoms with E-state index in [1.54, 1.807) is 36.1 Å². The molecule has 30 heavy (non-hydrogen) atoms. The van der Waals surface area contributed by atoms with Gasteiger partial charge in [0.2, 0.25) is 15.9 Å². The average molecular weight is 434 g/mol. The number of hydrogen-bond donors (Lipinski definition) is 0. The highest BCUT2D eigenvalue weighted by Gasteiger charge is 2.39. The number of amides is 1. The van der Waals surface area contributed by atoms with Gasteiger partial charge in [-0.1, -0.05) is 0 Å².